The average molecular weight is 235 g/mol. The standard InChI is InChI=1S/C15H25NO/c1-3-4-5-6-7-8-11-17-15-12-14(16)10-9-13(15)2/h9-10,12H,3-8,11,16H2,1-2H3. The van der Waals surface area contributed by atoms with Crippen LogP contribution in [0.3, 0.4) is 0 Å². The lowest BCUT2D eigenvalue weighted by molar-refractivity contribution is 0.302. The summed E-state index contributed by atoms with van der Waals surface area (Å²) in [4.78, 5) is 0. The summed E-state index contributed by atoms with van der Waals surface area (Å²) in [6, 6.07) is 5.82. The molecular formula is C15H25NO. The summed E-state index contributed by atoms with van der Waals surface area (Å²) in [7, 11) is 0. The number of aryl methyl sites for hydroxylation is 1. The SMILES string of the molecule is CCCCCCCCOc1cc(N)ccc1C. The number of rotatable bonds is 8. The molecule has 0 radical (unpaired) electrons. The number of hydrogen-bond acceptors (Lipinski definition) is 2. The molecule has 0 aliphatic rings. The molecule has 0 unspecified atom stereocenters. The third-order valence-corrected chi connectivity index (χ3v) is 2.97. The van der Waals surface area contributed by atoms with Crippen molar-refractivity contribution in [3.63, 3.8) is 0 Å². The number of anilines is 1. The van der Waals surface area contributed by atoms with Gasteiger partial charge in [-0.1, -0.05) is 45.1 Å². The largest absolute Gasteiger partial charge is 0.493 e. The Morgan fingerprint density at radius 2 is 1.76 bits per heavy atom. The Labute approximate surface area is 105 Å². The third-order valence-electron chi connectivity index (χ3n) is 2.97. The highest BCUT2D eigenvalue weighted by Crippen LogP contribution is 2.21. The molecular weight excluding hydrogens is 210 g/mol. The van der Waals surface area contributed by atoms with Gasteiger partial charge in [0.2, 0.25) is 0 Å². The highest BCUT2D eigenvalue weighted by Gasteiger charge is 1.99. The molecule has 0 atom stereocenters. The summed E-state index contributed by atoms with van der Waals surface area (Å²) in [6.45, 7) is 5.10. The molecule has 0 heterocycles. The molecule has 0 aromatic heterocycles. The molecule has 0 saturated carbocycles. The van der Waals surface area contributed by atoms with Gasteiger partial charge >= 0.3 is 0 Å². The highest BCUT2D eigenvalue weighted by atomic mass is 16.5. The monoisotopic (exact) mass is 235 g/mol. The first-order chi connectivity index (χ1) is 8.24. The van der Waals surface area contributed by atoms with E-state index >= 15 is 0 Å². The summed E-state index contributed by atoms with van der Waals surface area (Å²) >= 11 is 0. The van der Waals surface area contributed by atoms with E-state index < -0.39 is 0 Å². The minimum absolute atomic E-state index is 0.772. The summed E-state index contributed by atoms with van der Waals surface area (Å²) in [5.74, 6) is 0.929. The van der Waals surface area contributed by atoms with Crippen LogP contribution in [0.5, 0.6) is 5.75 Å². The normalized spacial score (nSPS) is 10.5. The number of nitrogens with two attached hydrogens (primary N) is 1. The summed E-state index contributed by atoms with van der Waals surface area (Å²) in [5.41, 5.74) is 7.66. The van der Waals surface area contributed by atoms with Crippen molar-refractivity contribution in [2.24, 2.45) is 0 Å². The lowest BCUT2D eigenvalue weighted by Crippen LogP contribution is -1.99. The molecule has 1 rings (SSSR count). The second kappa shape index (κ2) is 7.99. The molecule has 17 heavy (non-hydrogen) atoms. The summed E-state index contributed by atoms with van der Waals surface area (Å²) < 4.78 is 5.74. The van der Waals surface area contributed by atoms with Crippen molar-refractivity contribution in [1.82, 2.24) is 0 Å². The molecule has 0 aliphatic heterocycles. The predicted molar refractivity (Wildman–Crippen MR) is 74.5 cm³/mol. The summed E-state index contributed by atoms with van der Waals surface area (Å²) in [6.07, 6.45) is 7.74. The number of unbranched alkanes of at least 4 members (excludes halogenated alkanes) is 5. The van der Waals surface area contributed by atoms with E-state index in [9.17, 15) is 0 Å². The van der Waals surface area contributed by atoms with E-state index in [1.165, 1.54) is 32.1 Å². The van der Waals surface area contributed by atoms with Crippen molar-refractivity contribution >= 4 is 5.69 Å². The number of benzene rings is 1. The smallest absolute Gasteiger partial charge is 0.124 e. The number of ether oxygens (including phenoxy) is 1. The van der Waals surface area contributed by atoms with E-state index in [4.69, 9.17) is 10.5 Å². The van der Waals surface area contributed by atoms with Gasteiger partial charge in [0, 0.05) is 11.8 Å². The first kappa shape index (κ1) is 13.9. The predicted octanol–water partition coefficient (Wildman–Crippen LogP) is 4.32. The Hall–Kier alpha value is -1.18. The zero-order valence-corrected chi connectivity index (χ0v) is 11.2. The average Bonchev–Trinajstić information content (AvgIpc) is 2.32. The van der Waals surface area contributed by atoms with Crippen molar-refractivity contribution in [2.75, 3.05) is 12.3 Å². The van der Waals surface area contributed by atoms with Gasteiger partial charge in [-0.05, 0) is 25.0 Å². The maximum absolute atomic E-state index is 5.74. The van der Waals surface area contributed by atoms with Crippen LogP contribution in [-0.4, -0.2) is 6.61 Å². The van der Waals surface area contributed by atoms with Crippen molar-refractivity contribution in [3.8, 4) is 5.75 Å². The Morgan fingerprint density at radius 3 is 2.53 bits per heavy atom. The van der Waals surface area contributed by atoms with Crippen molar-refractivity contribution in [3.05, 3.63) is 23.8 Å². The van der Waals surface area contributed by atoms with Crippen LogP contribution in [0.25, 0.3) is 0 Å². The molecule has 2 heteroatoms. The zero-order valence-electron chi connectivity index (χ0n) is 11.2. The fraction of sp³-hybridized carbons (Fsp3) is 0.600. The van der Waals surface area contributed by atoms with Crippen LogP contribution in [0.2, 0.25) is 0 Å². The second-order valence-corrected chi connectivity index (χ2v) is 4.64. The molecule has 0 fully saturated rings. The van der Waals surface area contributed by atoms with Crippen LogP contribution in [0.4, 0.5) is 5.69 Å². The van der Waals surface area contributed by atoms with Crippen LogP contribution in [-0.2, 0) is 0 Å². The molecule has 0 amide bonds. The number of nitrogen functional groups attached to an aromatic ring is 1. The quantitative estimate of drug-likeness (QED) is 0.538. The lowest BCUT2D eigenvalue weighted by atomic mass is 10.1. The Bertz CT molecular complexity index is 323. The lowest BCUT2D eigenvalue weighted by Gasteiger charge is -2.09. The molecule has 1 aromatic rings. The third kappa shape index (κ3) is 5.62. The topological polar surface area (TPSA) is 35.2 Å². The molecule has 96 valence electrons. The van der Waals surface area contributed by atoms with E-state index in [1.54, 1.807) is 0 Å². The van der Waals surface area contributed by atoms with Gasteiger partial charge in [-0.25, -0.2) is 0 Å². The zero-order chi connectivity index (χ0) is 12.5. The highest BCUT2D eigenvalue weighted by molar-refractivity contribution is 5.47. The Kier molecular flexibility index (Phi) is 6.53. The van der Waals surface area contributed by atoms with Crippen LogP contribution in [0, 0.1) is 6.92 Å². The first-order valence-electron chi connectivity index (χ1n) is 6.73. The van der Waals surface area contributed by atoms with Gasteiger partial charge in [-0.15, -0.1) is 0 Å². The van der Waals surface area contributed by atoms with E-state index in [-0.39, 0.29) is 0 Å². The van der Waals surface area contributed by atoms with Crippen LogP contribution >= 0.6 is 0 Å². The van der Waals surface area contributed by atoms with E-state index in [2.05, 4.69) is 13.8 Å². The molecule has 0 aliphatic carbocycles. The van der Waals surface area contributed by atoms with Gasteiger partial charge in [0.05, 0.1) is 6.61 Å². The minimum Gasteiger partial charge on any atom is -0.493 e. The van der Waals surface area contributed by atoms with E-state index in [0.717, 1.165) is 30.0 Å². The molecule has 2 N–H and O–H groups in total. The minimum atomic E-state index is 0.772. The maximum atomic E-state index is 5.74. The van der Waals surface area contributed by atoms with Crippen molar-refractivity contribution in [2.45, 2.75) is 52.4 Å². The van der Waals surface area contributed by atoms with Gasteiger partial charge in [0.25, 0.3) is 0 Å². The van der Waals surface area contributed by atoms with Crippen LogP contribution < -0.4 is 10.5 Å². The second-order valence-electron chi connectivity index (χ2n) is 4.64. The van der Waals surface area contributed by atoms with Crippen molar-refractivity contribution in [1.29, 1.82) is 0 Å². The molecule has 0 spiro atoms. The van der Waals surface area contributed by atoms with Gasteiger partial charge in [-0.2, -0.15) is 0 Å². The molecule has 2 nitrogen and oxygen atoms in total. The van der Waals surface area contributed by atoms with Gasteiger partial charge in [0.1, 0.15) is 5.75 Å². The first-order valence-corrected chi connectivity index (χ1v) is 6.73. The Morgan fingerprint density at radius 1 is 1.06 bits per heavy atom. The molecule has 1 aromatic carbocycles. The Balaban J connectivity index is 2.15. The molecule has 0 bridgehead atoms. The van der Waals surface area contributed by atoms with Gasteiger partial charge < -0.3 is 10.5 Å². The van der Waals surface area contributed by atoms with E-state index in [1.807, 2.05) is 18.2 Å². The fourth-order valence-electron chi connectivity index (χ4n) is 1.84. The van der Waals surface area contributed by atoms with Gasteiger partial charge in [-0.3, -0.25) is 0 Å². The van der Waals surface area contributed by atoms with E-state index in [0.29, 0.717) is 0 Å². The fourth-order valence-corrected chi connectivity index (χ4v) is 1.84. The maximum Gasteiger partial charge on any atom is 0.124 e. The van der Waals surface area contributed by atoms with Crippen molar-refractivity contribution < 1.29 is 4.74 Å². The van der Waals surface area contributed by atoms with Gasteiger partial charge in [0.15, 0.2) is 0 Å². The number of hydrogen-bond donors (Lipinski definition) is 1. The van der Waals surface area contributed by atoms with Crippen LogP contribution in [0.1, 0.15) is 51.0 Å². The summed E-state index contributed by atoms with van der Waals surface area (Å²) in [5, 5.41) is 0. The molecule has 0 saturated heterocycles. The van der Waals surface area contributed by atoms with Crippen LogP contribution in [0.15, 0.2) is 18.2 Å².